The van der Waals surface area contributed by atoms with Gasteiger partial charge in [0, 0.05) is 19.6 Å². The van der Waals surface area contributed by atoms with Crippen LogP contribution in [0.2, 0.25) is 0 Å². The van der Waals surface area contributed by atoms with Crippen molar-refractivity contribution in [2.75, 3.05) is 19.6 Å². The molecule has 106 valence electrons. The quantitative estimate of drug-likeness (QED) is 0.932. The molecule has 1 aliphatic rings. The van der Waals surface area contributed by atoms with E-state index in [9.17, 15) is 0 Å². The van der Waals surface area contributed by atoms with Crippen LogP contribution < -0.4 is 5.73 Å². The molecule has 1 atom stereocenters. The van der Waals surface area contributed by atoms with Crippen LogP contribution in [0.15, 0.2) is 40.8 Å². The Labute approximate surface area is 120 Å². The van der Waals surface area contributed by atoms with Crippen LogP contribution in [-0.4, -0.2) is 24.5 Å². The fraction of sp³-hybridized carbons (Fsp3) is 0.412. The molecule has 1 aromatic carbocycles. The highest BCUT2D eigenvalue weighted by molar-refractivity contribution is 5.29. The third-order valence-electron chi connectivity index (χ3n) is 4.21. The molecule has 0 fully saturated rings. The monoisotopic (exact) mass is 270 g/mol. The molecule has 0 aliphatic carbocycles. The van der Waals surface area contributed by atoms with Crippen molar-refractivity contribution in [2.45, 2.75) is 25.8 Å². The van der Waals surface area contributed by atoms with E-state index in [0.29, 0.717) is 6.54 Å². The van der Waals surface area contributed by atoms with E-state index in [0.717, 1.165) is 37.5 Å². The van der Waals surface area contributed by atoms with Gasteiger partial charge in [0.25, 0.3) is 0 Å². The fourth-order valence-corrected chi connectivity index (χ4v) is 3.07. The van der Waals surface area contributed by atoms with Crippen LogP contribution in [0.25, 0.3) is 0 Å². The average molecular weight is 270 g/mol. The zero-order chi connectivity index (χ0) is 13.9. The van der Waals surface area contributed by atoms with Gasteiger partial charge >= 0.3 is 0 Å². The van der Waals surface area contributed by atoms with Crippen LogP contribution in [0.4, 0.5) is 0 Å². The summed E-state index contributed by atoms with van der Waals surface area (Å²) in [5, 5.41) is 0. The van der Waals surface area contributed by atoms with Gasteiger partial charge in [0.15, 0.2) is 0 Å². The second kappa shape index (κ2) is 5.81. The van der Waals surface area contributed by atoms with Crippen molar-refractivity contribution in [3.63, 3.8) is 0 Å². The lowest BCUT2D eigenvalue weighted by Crippen LogP contribution is -2.35. The van der Waals surface area contributed by atoms with E-state index < -0.39 is 0 Å². The Bertz CT molecular complexity index is 549. The van der Waals surface area contributed by atoms with Crippen LogP contribution >= 0.6 is 0 Å². The van der Waals surface area contributed by atoms with Crippen molar-refractivity contribution in [3.05, 3.63) is 59.0 Å². The summed E-state index contributed by atoms with van der Waals surface area (Å²) in [4.78, 5) is 2.46. The number of aryl methyl sites for hydroxylation is 1. The van der Waals surface area contributed by atoms with E-state index in [1.54, 1.807) is 0 Å². The number of nitrogens with zero attached hydrogens (tertiary/aromatic N) is 1. The summed E-state index contributed by atoms with van der Waals surface area (Å²) in [6, 6.07) is 13.0. The normalized spacial score (nSPS) is 17.5. The van der Waals surface area contributed by atoms with Crippen LogP contribution in [0.5, 0.6) is 0 Å². The Morgan fingerprint density at radius 1 is 1.10 bits per heavy atom. The predicted octanol–water partition coefficient (Wildman–Crippen LogP) is 2.69. The van der Waals surface area contributed by atoms with Gasteiger partial charge in [-0.2, -0.15) is 0 Å². The van der Waals surface area contributed by atoms with Crippen LogP contribution in [0.3, 0.4) is 0 Å². The summed E-state index contributed by atoms with van der Waals surface area (Å²) in [5.74, 6) is 1.95. The second-order valence-electron chi connectivity index (χ2n) is 5.50. The van der Waals surface area contributed by atoms with Crippen molar-refractivity contribution < 1.29 is 4.42 Å². The maximum Gasteiger partial charge on any atom is 0.122 e. The number of nitrogens with two attached hydrogens (primary N) is 1. The zero-order valence-corrected chi connectivity index (χ0v) is 12.0. The lowest BCUT2D eigenvalue weighted by Gasteiger charge is -2.28. The molecule has 0 radical (unpaired) electrons. The topological polar surface area (TPSA) is 42.4 Å². The molecule has 2 aromatic rings. The molecule has 0 spiro atoms. The minimum Gasteiger partial charge on any atom is -0.465 e. The zero-order valence-electron chi connectivity index (χ0n) is 12.0. The molecule has 1 unspecified atom stereocenters. The molecule has 3 nitrogen and oxygen atoms in total. The Balaban J connectivity index is 1.78. The van der Waals surface area contributed by atoms with Crippen molar-refractivity contribution in [3.8, 4) is 0 Å². The number of fused-ring (bicyclic) bond motifs is 1. The lowest BCUT2D eigenvalue weighted by atomic mass is 10.0. The molecule has 2 heterocycles. The fourth-order valence-electron chi connectivity index (χ4n) is 3.07. The molecule has 3 rings (SSSR count). The first-order valence-corrected chi connectivity index (χ1v) is 7.35. The van der Waals surface area contributed by atoms with E-state index in [1.807, 2.05) is 13.0 Å². The highest BCUT2D eigenvalue weighted by atomic mass is 16.3. The smallest absolute Gasteiger partial charge is 0.122 e. The van der Waals surface area contributed by atoms with Gasteiger partial charge in [0.05, 0.1) is 6.04 Å². The predicted molar refractivity (Wildman–Crippen MR) is 80.7 cm³/mol. The van der Waals surface area contributed by atoms with Gasteiger partial charge in [0.1, 0.15) is 11.5 Å². The number of furan rings is 1. The minimum absolute atomic E-state index is 0.193. The first-order chi connectivity index (χ1) is 9.78. The van der Waals surface area contributed by atoms with Gasteiger partial charge in [-0.25, -0.2) is 0 Å². The standard InChI is InChI=1S/C17H22N2O/c1-13-6-7-17(20-13)16(12-18)19-10-8-14-4-2-3-5-15(14)9-11-19/h2-7,16H,8-12,18H2,1H3. The van der Waals surface area contributed by atoms with E-state index in [2.05, 4.69) is 35.2 Å². The number of hydrogen-bond acceptors (Lipinski definition) is 3. The number of rotatable bonds is 3. The summed E-state index contributed by atoms with van der Waals surface area (Å²) in [6.07, 6.45) is 2.18. The molecule has 1 aromatic heterocycles. The molecule has 0 saturated carbocycles. The summed E-state index contributed by atoms with van der Waals surface area (Å²) in [6.45, 7) is 4.66. The van der Waals surface area contributed by atoms with Crippen LogP contribution in [-0.2, 0) is 12.8 Å². The molecule has 0 bridgehead atoms. The van der Waals surface area contributed by atoms with Gasteiger partial charge in [-0.05, 0) is 43.0 Å². The molecule has 2 N–H and O–H groups in total. The summed E-state index contributed by atoms with van der Waals surface area (Å²) < 4.78 is 5.79. The number of hydrogen-bond donors (Lipinski definition) is 1. The highest BCUT2D eigenvalue weighted by Crippen LogP contribution is 2.25. The molecular formula is C17H22N2O. The van der Waals surface area contributed by atoms with E-state index in [-0.39, 0.29) is 6.04 Å². The Morgan fingerprint density at radius 3 is 2.25 bits per heavy atom. The molecule has 0 saturated heterocycles. The summed E-state index contributed by atoms with van der Waals surface area (Å²) in [5.41, 5.74) is 8.95. The van der Waals surface area contributed by atoms with Crippen molar-refractivity contribution in [2.24, 2.45) is 5.73 Å². The first-order valence-electron chi connectivity index (χ1n) is 7.35. The second-order valence-corrected chi connectivity index (χ2v) is 5.50. The minimum atomic E-state index is 0.193. The van der Waals surface area contributed by atoms with Gasteiger partial charge in [-0.1, -0.05) is 24.3 Å². The van der Waals surface area contributed by atoms with Gasteiger partial charge in [0.2, 0.25) is 0 Å². The van der Waals surface area contributed by atoms with Crippen molar-refractivity contribution in [1.29, 1.82) is 0 Å². The third-order valence-corrected chi connectivity index (χ3v) is 4.21. The Hall–Kier alpha value is -1.58. The van der Waals surface area contributed by atoms with Gasteiger partial charge in [-0.3, -0.25) is 4.90 Å². The summed E-state index contributed by atoms with van der Waals surface area (Å²) >= 11 is 0. The third kappa shape index (κ3) is 2.65. The Kier molecular flexibility index (Phi) is 3.90. The maximum absolute atomic E-state index is 6.00. The van der Waals surface area contributed by atoms with Crippen molar-refractivity contribution >= 4 is 0 Å². The van der Waals surface area contributed by atoms with E-state index in [1.165, 1.54) is 11.1 Å². The largest absolute Gasteiger partial charge is 0.465 e. The maximum atomic E-state index is 6.00. The van der Waals surface area contributed by atoms with Gasteiger partial charge < -0.3 is 10.2 Å². The first kappa shape index (κ1) is 13.4. The molecule has 20 heavy (non-hydrogen) atoms. The highest BCUT2D eigenvalue weighted by Gasteiger charge is 2.24. The lowest BCUT2D eigenvalue weighted by molar-refractivity contribution is 0.186. The average Bonchev–Trinajstić information content (AvgIpc) is 2.77. The van der Waals surface area contributed by atoms with Crippen molar-refractivity contribution in [1.82, 2.24) is 4.90 Å². The summed E-state index contributed by atoms with van der Waals surface area (Å²) in [7, 11) is 0. The van der Waals surface area contributed by atoms with Crippen LogP contribution in [0, 0.1) is 6.92 Å². The molecular weight excluding hydrogens is 248 g/mol. The van der Waals surface area contributed by atoms with E-state index >= 15 is 0 Å². The number of benzene rings is 1. The van der Waals surface area contributed by atoms with E-state index in [4.69, 9.17) is 10.2 Å². The molecule has 1 aliphatic heterocycles. The van der Waals surface area contributed by atoms with Gasteiger partial charge in [-0.15, -0.1) is 0 Å². The SMILES string of the molecule is Cc1ccc(C(CN)N2CCc3ccccc3CC2)o1. The Morgan fingerprint density at radius 2 is 1.75 bits per heavy atom. The molecule has 0 amide bonds. The van der Waals surface area contributed by atoms with Crippen LogP contribution in [0.1, 0.15) is 28.7 Å². The molecule has 3 heteroatoms.